The number of imidazole rings is 1. The van der Waals surface area contributed by atoms with Gasteiger partial charge in [0, 0.05) is 14.1 Å². The van der Waals surface area contributed by atoms with Gasteiger partial charge in [0.15, 0.2) is 5.54 Å². The summed E-state index contributed by atoms with van der Waals surface area (Å²) in [6.45, 7) is 5.59. The number of aryl methyl sites for hydroxylation is 1. The third kappa shape index (κ3) is 1.69. The molecule has 0 radical (unpaired) electrons. The number of urea groups is 1. The Morgan fingerprint density at radius 1 is 1.40 bits per heavy atom. The number of carbonyl (C=O) groups is 2. The molecule has 110 valence electrons. The minimum atomic E-state index is -1.27. The predicted molar refractivity (Wildman–Crippen MR) is 73.5 cm³/mol. The largest absolute Gasteiger partial charge is 0.479 e. The number of carbonyl (C=O) groups excluding carboxylic acids is 1. The third-order valence-corrected chi connectivity index (χ3v) is 4.14. The van der Waals surface area contributed by atoms with Crippen LogP contribution in [-0.2, 0) is 11.8 Å². The highest BCUT2D eigenvalue weighted by Gasteiger charge is 2.60. The summed E-state index contributed by atoms with van der Waals surface area (Å²) >= 11 is 0. The number of hydrogen-bond acceptors (Lipinski definition) is 3. The Morgan fingerprint density at radius 3 is 2.35 bits per heavy atom. The fraction of sp³-hybridized carbons (Fsp3) is 0.615. The maximum atomic E-state index is 12.5. The second-order valence-corrected chi connectivity index (χ2v) is 6.21. The van der Waals surface area contributed by atoms with E-state index in [0.29, 0.717) is 5.82 Å². The number of likely N-dealkylation sites (N-methyl/N-ethyl adjacent to an activating group) is 1. The molecule has 0 spiro atoms. The summed E-state index contributed by atoms with van der Waals surface area (Å²) in [4.78, 5) is 31.1. The van der Waals surface area contributed by atoms with Crippen LogP contribution in [0.25, 0.3) is 0 Å². The van der Waals surface area contributed by atoms with Gasteiger partial charge in [0.25, 0.3) is 0 Å². The molecule has 1 aromatic heterocycles. The summed E-state index contributed by atoms with van der Waals surface area (Å²) < 4.78 is 1.70. The Kier molecular flexibility index (Phi) is 3.03. The van der Waals surface area contributed by atoms with Gasteiger partial charge in [-0.2, -0.15) is 0 Å². The first-order valence-electron chi connectivity index (χ1n) is 6.38. The van der Waals surface area contributed by atoms with Gasteiger partial charge in [0.05, 0.1) is 19.1 Å². The lowest BCUT2D eigenvalue weighted by Crippen LogP contribution is -2.60. The molecule has 1 atom stereocenters. The topological polar surface area (TPSA) is 78.7 Å². The molecule has 1 saturated heterocycles. The van der Waals surface area contributed by atoms with Crippen molar-refractivity contribution in [1.82, 2.24) is 14.5 Å². The molecule has 0 unspecified atom stereocenters. The standard InChI is InChI=1S/C13H20N4O3/c1-12(2,3)13(10(18)19)7-17(11(20)16(13)5)9-6-14-8-15(9)4/h6,8H,7H2,1-5H3,(H,18,19)/t13-/m0/s1. The van der Waals surface area contributed by atoms with Gasteiger partial charge in [0.1, 0.15) is 5.82 Å². The van der Waals surface area contributed by atoms with Crippen molar-refractivity contribution >= 4 is 17.8 Å². The number of amides is 2. The summed E-state index contributed by atoms with van der Waals surface area (Å²) in [7, 11) is 3.31. The number of carboxylic acids is 1. The number of carboxylic acid groups (broad SMARTS) is 1. The van der Waals surface area contributed by atoms with Crippen molar-refractivity contribution in [3.05, 3.63) is 12.5 Å². The number of hydrogen-bond donors (Lipinski definition) is 1. The van der Waals surface area contributed by atoms with Gasteiger partial charge in [-0.3, -0.25) is 4.90 Å². The quantitative estimate of drug-likeness (QED) is 0.881. The first-order chi connectivity index (χ1) is 9.13. The minimum absolute atomic E-state index is 0.0979. The number of rotatable bonds is 2. The minimum Gasteiger partial charge on any atom is -0.479 e. The smallest absolute Gasteiger partial charge is 0.332 e. The maximum Gasteiger partial charge on any atom is 0.332 e. The molecular weight excluding hydrogens is 260 g/mol. The van der Waals surface area contributed by atoms with Crippen LogP contribution in [0.15, 0.2) is 12.5 Å². The van der Waals surface area contributed by atoms with Crippen LogP contribution < -0.4 is 4.90 Å². The number of anilines is 1. The van der Waals surface area contributed by atoms with Crippen LogP contribution in [0, 0.1) is 5.41 Å². The Labute approximate surface area is 117 Å². The van der Waals surface area contributed by atoms with Crippen molar-refractivity contribution < 1.29 is 14.7 Å². The molecule has 0 aromatic carbocycles. The van der Waals surface area contributed by atoms with E-state index in [1.54, 1.807) is 24.1 Å². The van der Waals surface area contributed by atoms with Crippen LogP contribution in [0.3, 0.4) is 0 Å². The molecule has 0 aliphatic carbocycles. The van der Waals surface area contributed by atoms with Crippen LogP contribution in [0.5, 0.6) is 0 Å². The van der Waals surface area contributed by atoms with Gasteiger partial charge in [-0.05, 0) is 5.41 Å². The second-order valence-electron chi connectivity index (χ2n) is 6.21. The third-order valence-electron chi connectivity index (χ3n) is 4.14. The first-order valence-corrected chi connectivity index (χ1v) is 6.38. The molecular formula is C13H20N4O3. The van der Waals surface area contributed by atoms with Crippen molar-refractivity contribution in [1.29, 1.82) is 0 Å². The molecule has 7 nitrogen and oxygen atoms in total. The van der Waals surface area contributed by atoms with E-state index in [0.717, 1.165) is 0 Å². The highest BCUT2D eigenvalue weighted by atomic mass is 16.4. The summed E-state index contributed by atoms with van der Waals surface area (Å²) in [5.74, 6) is -0.403. The second kappa shape index (κ2) is 4.22. The van der Waals surface area contributed by atoms with Gasteiger partial charge >= 0.3 is 12.0 Å². The summed E-state index contributed by atoms with van der Waals surface area (Å²) in [5.41, 5.74) is -1.87. The number of nitrogens with zero attached hydrogens (tertiary/aromatic N) is 4. The Balaban J connectivity index is 2.52. The van der Waals surface area contributed by atoms with Gasteiger partial charge in [-0.1, -0.05) is 20.8 Å². The molecule has 2 heterocycles. The predicted octanol–water partition coefficient (Wildman–Crippen LogP) is 1.16. The number of aromatic nitrogens is 2. The molecule has 1 N–H and O–H groups in total. The van der Waals surface area contributed by atoms with E-state index in [4.69, 9.17) is 0 Å². The van der Waals surface area contributed by atoms with Crippen molar-refractivity contribution in [2.45, 2.75) is 26.3 Å². The van der Waals surface area contributed by atoms with Crippen LogP contribution in [0.2, 0.25) is 0 Å². The Morgan fingerprint density at radius 2 is 2.00 bits per heavy atom. The fourth-order valence-corrected chi connectivity index (χ4v) is 2.81. The van der Waals surface area contributed by atoms with Gasteiger partial charge in [0.2, 0.25) is 0 Å². The molecule has 1 fully saturated rings. The molecule has 0 saturated carbocycles. The molecule has 7 heteroatoms. The van der Waals surface area contributed by atoms with Crippen LogP contribution in [0.1, 0.15) is 20.8 Å². The van der Waals surface area contributed by atoms with Crippen molar-refractivity contribution in [3.8, 4) is 0 Å². The molecule has 0 bridgehead atoms. The van der Waals surface area contributed by atoms with E-state index in [1.165, 1.54) is 16.8 Å². The van der Waals surface area contributed by atoms with Gasteiger partial charge in [-0.25, -0.2) is 14.6 Å². The molecule has 1 aliphatic rings. The SMILES string of the molecule is CN1C(=O)N(c2cncn2C)C[C@]1(C(=O)O)C(C)(C)C. The zero-order chi connectivity index (χ0) is 15.3. The maximum absolute atomic E-state index is 12.5. The molecule has 1 aromatic rings. The number of aliphatic carboxylic acids is 1. The average molecular weight is 280 g/mol. The van der Waals surface area contributed by atoms with E-state index in [-0.39, 0.29) is 12.6 Å². The molecule has 2 rings (SSSR count). The van der Waals surface area contributed by atoms with Crippen molar-refractivity contribution in [3.63, 3.8) is 0 Å². The molecule has 1 aliphatic heterocycles. The van der Waals surface area contributed by atoms with E-state index < -0.39 is 16.9 Å². The first kappa shape index (κ1) is 14.4. The summed E-state index contributed by atoms with van der Waals surface area (Å²) in [6.07, 6.45) is 3.15. The zero-order valence-electron chi connectivity index (χ0n) is 12.4. The Hall–Kier alpha value is -2.05. The van der Waals surface area contributed by atoms with E-state index >= 15 is 0 Å². The van der Waals surface area contributed by atoms with Crippen molar-refractivity contribution in [2.24, 2.45) is 12.5 Å². The lowest BCUT2D eigenvalue weighted by Gasteiger charge is -2.41. The van der Waals surface area contributed by atoms with Gasteiger partial charge in [-0.15, -0.1) is 0 Å². The Bertz CT molecular complexity index is 560. The average Bonchev–Trinajstić information content (AvgIpc) is 2.83. The van der Waals surface area contributed by atoms with Crippen LogP contribution in [0.4, 0.5) is 10.6 Å². The molecule has 2 amide bonds. The van der Waals surface area contributed by atoms with E-state index in [9.17, 15) is 14.7 Å². The summed E-state index contributed by atoms with van der Waals surface area (Å²) in [5, 5.41) is 9.73. The van der Waals surface area contributed by atoms with E-state index in [2.05, 4.69) is 4.98 Å². The van der Waals surface area contributed by atoms with E-state index in [1.807, 2.05) is 20.8 Å². The molecule has 20 heavy (non-hydrogen) atoms. The highest BCUT2D eigenvalue weighted by molar-refractivity contribution is 6.00. The summed E-state index contributed by atoms with van der Waals surface area (Å²) in [6, 6.07) is -0.328. The normalized spacial score (nSPS) is 23.6. The highest BCUT2D eigenvalue weighted by Crippen LogP contribution is 2.42. The van der Waals surface area contributed by atoms with Gasteiger partial charge < -0.3 is 14.6 Å². The van der Waals surface area contributed by atoms with Crippen LogP contribution in [-0.4, -0.2) is 50.7 Å². The van der Waals surface area contributed by atoms with Crippen molar-refractivity contribution in [2.75, 3.05) is 18.5 Å². The van der Waals surface area contributed by atoms with Crippen LogP contribution >= 0.6 is 0 Å². The fourth-order valence-electron chi connectivity index (χ4n) is 2.81. The lowest BCUT2D eigenvalue weighted by atomic mass is 9.73. The lowest BCUT2D eigenvalue weighted by molar-refractivity contribution is -0.153. The zero-order valence-corrected chi connectivity index (χ0v) is 12.4. The monoisotopic (exact) mass is 280 g/mol.